The van der Waals surface area contributed by atoms with Crippen LogP contribution in [0, 0.1) is 0 Å². The molecule has 4 heteroatoms. The summed E-state index contributed by atoms with van der Waals surface area (Å²) in [7, 11) is 0. The number of carbonyl (C=O) groups is 1. The summed E-state index contributed by atoms with van der Waals surface area (Å²) in [5.41, 5.74) is 8.43. The third-order valence-corrected chi connectivity index (χ3v) is 4.11. The van der Waals surface area contributed by atoms with Gasteiger partial charge in [0.05, 0.1) is 0 Å². The van der Waals surface area contributed by atoms with Crippen molar-refractivity contribution in [1.29, 1.82) is 0 Å². The van der Waals surface area contributed by atoms with Crippen molar-refractivity contribution >= 4 is 29.0 Å². The molecule has 3 N–H and O–H groups in total. The van der Waals surface area contributed by atoms with Crippen molar-refractivity contribution < 1.29 is 4.79 Å². The Morgan fingerprint density at radius 2 is 1.76 bits per heavy atom. The van der Waals surface area contributed by atoms with Crippen molar-refractivity contribution in [3.63, 3.8) is 0 Å². The largest absolute Gasteiger partial charge is 0.399 e. The van der Waals surface area contributed by atoms with E-state index < -0.39 is 0 Å². The minimum Gasteiger partial charge on any atom is -0.399 e. The van der Waals surface area contributed by atoms with Crippen molar-refractivity contribution in [2.45, 2.75) is 18.6 Å². The van der Waals surface area contributed by atoms with Crippen molar-refractivity contribution in [2.75, 3.05) is 16.8 Å². The van der Waals surface area contributed by atoms with E-state index in [4.69, 9.17) is 5.73 Å². The summed E-state index contributed by atoms with van der Waals surface area (Å²) >= 11 is 1.86. The molecular weight excluding hydrogens is 280 g/mol. The molecule has 0 aromatic heterocycles. The van der Waals surface area contributed by atoms with Crippen molar-refractivity contribution in [1.82, 2.24) is 0 Å². The van der Waals surface area contributed by atoms with Gasteiger partial charge in [0, 0.05) is 23.5 Å². The molecule has 2 aromatic rings. The van der Waals surface area contributed by atoms with E-state index in [0.29, 0.717) is 12.1 Å². The van der Waals surface area contributed by atoms with Crippen molar-refractivity contribution in [3.05, 3.63) is 60.2 Å². The van der Waals surface area contributed by atoms with Crippen LogP contribution in [0.25, 0.3) is 0 Å². The minimum atomic E-state index is 0.0556. The number of anilines is 2. The van der Waals surface area contributed by atoms with E-state index in [-0.39, 0.29) is 5.91 Å². The predicted octanol–water partition coefficient (Wildman–Crippen LogP) is 3.92. The Labute approximate surface area is 129 Å². The summed E-state index contributed by atoms with van der Waals surface area (Å²) in [5, 5.41) is 2.87. The second kappa shape index (κ2) is 8.37. The number of hydrogen-bond acceptors (Lipinski definition) is 3. The van der Waals surface area contributed by atoms with Gasteiger partial charge in [-0.1, -0.05) is 30.3 Å². The zero-order valence-electron chi connectivity index (χ0n) is 11.9. The lowest BCUT2D eigenvalue weighted by atomic mass is 10.2. The minimum absolute atomic E-state index is 0.0556. The molecule has 0 saturated carbocycles. The van der Waals surface area contributed by atoms with Gasteiger partial charge in [-0.2, -0.15) is 11.8 Å². The Balaban J connectivity index is 1.60. The van der Waals surface area contributed by atoms with Gasteiger partial charge in [-0.05, 0) is 42.0 Å². The van der Waals surface area contributed by atoms with Crippen LogP contribution in [0.3, 0.4) is 0 Å². The first kappa shape index (κ1) is 15.4. The lowest BCUT2D eigenvalue weighted by molar-refractivity contribution is -0.116. The highest BCUT2D eigenvalue weighted by Crippen LogP contribution is 2.14. The molecule has 0 aliphatic rings. The smallest absolute Gasteiger partial charge is 0.224 e. The van der Waals surface area contributed by atoms with E-state index in [1.807, 2.05) is 30.0 Å². The SMILES string of the molecule is Nc1ccc(NC(=O)CCCSCc2ccccc2)cc1. The molecule has 2 aromatic carbocycles. The molecule has 3 nitrogen and oxygen atoms in total. The first-order chi connectivity index (χ1) is 10.2. The molecule has 1 amide bonds. The summed E-state index contributed by atoms with van der Waals surface area (Å²) in [6, 6.07) is 17.6. The number of nitrogens with two attached hydrogens (primary N) is 1. The molecule has 0 heterocycles. The molecule has 0 fully saturated rings. The average Bonchev–Trinajstić information content (AvgIpc) is 2.50. The monoisotopic (exact) mass is 300 g/mol. The van der Waals surface area contributed by atoms with Gasteiger partial charge in [0.2, 0.25) is 5.91 Å². The Hall–Kier alpha value is -1.94. The fourth-order valence-corrected chi connectivity index (χ4v) is 2.81. The molecule has 21 heavy (non-hydrogen) atoms. The highest BCUT2D eigenvalue weighted by molar-refractivity contribution is 7.98. The molecule has 0 aliphatic heterocycles. The van der Waals surface area contributed by atoms with Crippen LogP contribution in [0.2, 0.25) is 0 Å². The summed E-state index contributed by atoms with van der Waals surface area (Å²) in [5.74, 6) is 2.05. The van der Waals surface area contributed by atoms with Gasteiger partial charge in [-0.25, -0.2) is 0 Å². The lowest BCUT2D eigenvalue weighted by Crippen LogP contribution is -2.11. The van der Waals surface area contributed by atoms with Gasteiger partial charge in [-0.15, -0.1) is 0 Å². The average molecular weight is 300 g/mol. The van der Waals surface area contributed by atoms with Crippen LogP contribution in [0.4, 0.5) is 11.4 Å². The van der Waals surface area contributed by atoms with Crippen LogP contribution in [0.15, 0.2) is 54.6 Å². The third kappa shape index (κ3) is 5.92. The highest BCUT2D eigenvalue weighted by atomic mass is 32.2. The van der Waals surface area contributed by atoms with E-state index in [1.54, 1.807) is 12.1 Å². The van der Waals surface area contributed by atoms with E-state index >= 15 is 0 Å². The lowest BCUT2D eigenvalue weighted by Gasteiger charge is -2.05. The molecule has 0 aliphatic carbocycles. The van der Waals surface area contributed by atoms with Crippen molar-refractivity contribution in [3.8, 4) is 0 Å². The zero-order valence-corrected chi connectivity index (χ0v) is 12.7. The molecule has 2 rings (SSSR count). The van der Waals surface area contributed by atoms with E-state index in [1.165, 1.54) is 5.56 Å². The summed E-state index contributed by atoms with van der Waals surface area (Å²) in [6.07, 6.45) is 1.43. The predicted molar refractivity (Wildman–Crippen MR) is 91.3 cm³/mol. The number of carbonyl (C=O) groups excluding carboxylic acids is 1. The van der Waals surface area contributed by atoms with Crippen molar-refractivity contribution in [2.24, 2.45) is 0 Å². The fraction of sp³-hybridized carbons (Fsp3) is 0.235. The topological polar surface area (TPSA) is 55.1 Å². The van der Waals surface area contributed by atoms with Gasteiger partial charge in [0.25, 0.3) is 0 Å². The van der Waals surface area contributed by atoms with Gasteiger partial charge >= 0.3 is 0 Å². The standard InChI is InChI=1S/C17H20N2OS/c18-15-8-10-16(11-9-15)19-17(20)7-4-12-21-13-14-5-2-1-3-6-14/h1-3,5-6,8-11H,4,7,12-13,18H2,(H,19,20). The van der Waals surface area contributed by atoms with Crippen LogP contribution in [-0.4, -0.2) is 11.7 Å². The number of amides is 1. The molecular formula is C17H20N2OS. The Morgan fingerprint density at radius 3 is 2.48 bits per heavy atom. The van der Waals surface area contributed by atoms with Crippen LogP contribution >= 0.6 is 11.8 Å². The number of rotatable bonds is 7. The number of benzene rings is 2. The quantitative estimate of drug-likeness (QED) is 0.602. The summed E-state index contributed by atoms with van der Waals surface area (Å²) < 4.78 is 0. The van der Waals surface area contributed by atoms with E-state index in [0.717, 1.165) is 23.6 Å². The van der Waals surface area contributed by atoms with Crippen LogP contribution < -0.4 is 11.1 Å². The number of thioether (sulfide) groups is 1. The first-order valence-corrected chi connectivity index (χ1v) is 8.16. The summed E-state index contributed by atoms with van der Waals surface area (Å²) in [6.45, 7) is 0. The Kier molecular flexibility index (Phi) is 6.16. The Morgan fingerprint density at radius 1 is 1.05 bits per heavy atom. The maximum atomic E-state index is 11.8. The van der Waals surface area contributed by atoms with Crippen LogP contribution in [-0.2, 0) is 10.5 Å². The second-order valence-electron chi connectivity index (χ2n) is 4.81. The van der Waals surface area contributed by atoms with Gasteiger partial charge in [0.1, 0.15) is 0 Å². The van der Waals surface area contributed by atoms with Crippen LogP contribution in [0.1, 0.15) is 18.4 Å². The van der Waals surface area contributed by atoms with E-state index in [9.17, 15) is 4.79 Å². The van der Waals surface area contributed by atoms with Gasteiger partial charge in [-0.3, -0.25) is 4.79 Å². The number of nitrogen functional groups attached to an aromatic ring is 1. The molecule has 0 atom stereocenters. The number of nitrogens with one attached hydrogen (secondary N) is 1. The molecule has 0 bridgehead atoms. The van der Waals surface area contributed by atoms with Gasteiger partial charge in [0.15, 0.2) is 0 Å². The second-order valence-corrected chi connectivity index (χ2v) is 5.92. The molecule has 0 spiro atoms. The fourth-order valence-electron chi connectivity index (χ4n) is 1.89. The van der Waals surface area contributed by atoms with Crippen LogP contribution in [0.5, 0.6) is 0 Å². The summed E-state index contributed by atoms with van der Waals surface area (Å²) in [4.78, 5) is 11.8. The third-order valence-electron chi connectivity index (χ3n) is 3.00. The maximum Gasteiger partial charge on any atom is 0.224 e. The number of hydrogen-bond donors (Lipinski definition) is 2. The first-order valence-electron chi connectivity index (χ1n) is 7.01. The highest BCUT2D eigenvalue weighted by Gasteiger charge is 2.02. The molecule has 0 radical (unpaired) electrons. The Bertz CT molecular complexity index is 555. The maximum absolute atomic E-state index is 11.8. The van der Waals surface area contributed by atoms with E-state index in [2.05, 4.69) is 29.6 Å². The molecule has 0 saturated heterocycles. The van der Waals surface area contributed by atoms with Gasteiger partial charge < -0.3 is 11.1 Å². The zero-order chi connectivity index (χ0) is 14.9. The molecule has 0 unspecified atom stereocenters. The molecule has 110 valence electrons. The normalized spacial score (nSPS) is 10.3.